The normalized spacial score (nSPS) is 18.4. The molecule has 6 nitrogen and oxygen atoms in total. The summed E-state index contributed by atoms with van der Waals surface area (Å²) >= 11 is 0. The number of likely N-dealkylation sites (tertiary alicyclic amines) is 1. The number of anilines is 1. The Kier molecular flexibility index (Phi) is 7.05. The van der Waals surface area contributed by atoms with Crippen molar-refractivity contribution in [3.8, 4) is 11.1 Å². The van der Waals surface area contributed by atoms with Gasteiger partial charge in [-0.25, -0.2) is 9.97 Å². The molecule has 1 fully saturated rings. The van der Waals surface area contributed by atoms with E-state index in [1.165, 1.54) is 0 Å². The predicted molar refractivity (Wildman–Crippen MR) is 128 cm³/mol. The third kappa shape index (κ3) is 5.61. The van der Waals surface area contributed by atoms with Gasteiger partial charge in [0.25, 0.3) is 5.91 Å². The first-order chi connectivity index (χ1) is 16.6. The quantitative estimate of drug-likeness (QED) is 0.517. The number of benzene rings is 1. The average Bonchev–Trinajstić information content (AvgIpc) is 2.83. The molecule has 1 saturated heterocycles. The van der Waals surface area contributed by atoms with Crippen LogP contribution in [0.15, 0.2) is 48.9 Å². The number of aryl methyl sites for hydroxylation is 2. The monoisotopic (exact) mass is 483 g/mol. The SMILES string of the molecule is Cc1ccc(-c2ccc(C)nc2)c(C(=O)N2CCCC(C)C2CNc2ncc(C(F)(F)F)cn2)c1. The number of pyridine rings is 1. The van der Waals surface area contributed by atoms with E-state index in [-0.39, 0.29) is 23.8 Å². The maximum atomic E-state index is 13.9. The van der Waals surface area contributed by atoms with Crippen molar-refractivity contribution >= 4 is 11.9 Å². The Balaban J connectivity index is 1.58. The second-order valence-corrected chi connectivity index (χ2v) is 9.10. The molecular weight excluding hydrogens is 455 g/mol. The van der Waals surface area contributed by atoms with Crippen molar-refractivity contribution in [1.82, 2.24) is 19.9 Å². The lowest BCUT2D eigenvalue weighted by atomic mass is 9.89. The van der Waals surface area contributed by atoms with Gasteiger partial charge in [0.05, 0.1) is 11.6 Å². The van der Waals surface area contributed by atoms with Gasteiger partial charge >= 0.3 is 6.18 Å². The van der Waals surface area contributed by atoms with E-state index < -0.39 is 11.7 Å². The Morgan fingerprint density at radius 2 is 1.83 bits per heavy atom. The van der Waals surface area contributed by atoms with Crippen molar-refractivity contribution in [2.75, 3.05) is 18.4 Å². The second kappa shape index (κ2) is 10.0. The molecule has 0 aliphatic carbocycles. The predicted octanol–water partition coefficient (Wildman–Crippen LogP) is 5.53. The van der Waals surface area contributed by atoms with Crippen LogP contribution in [0, 0.1) is 19.8 Å². The number of carbonyl (C=O) groups excluding carboxylic acids is 1. The van der Waals surface area contributed by atoms with Gasteiger partial charge in [-0.2, -0.15) is 13.2 Å². The van der Waals surface area contributed by atoms with Gasteiger partial charge in [-0.3, -0.25) is 9.78 Å². The fraction of sp³-hybridized carbons (Fsp3) is 0.385. The molecular formula is C26H28F3N5O. The first-order valence-electron chi connectivity index (χ1n) is 11.6. The van der Waals surface area contributed by atoms with Gasteiger partial charge in [-0.05, 0) is 50.3 Å². The van der Waals surface area contributed by atoms with Gasteiger partial charge in [0.2, 0.25) is 5.95 Å². The minimum Gasteiger partial charge on any atom is -0.352 e. The summed E-state index contributed by atoms with van der Waals surface area (Å²) in [5.74, 6) is 0.227. The van der Waals surface area contributed by atoms with Gasteiger partial charge in [-0.15, -0.1) is 0 Å². The standard InChI is InChI=1S/C26H28F3N5O/c1-16-6-9-21(19-8-7-18(3)30-12-19)22(11-16)24(35)34-10-4-5-17(2)23(34)15-33-25-31-13-20(14-32-25)26(27,28)29/h6-9,11-14,17,23H,4-5,10,15H2,1-3H3,(H,31,32,33). The average molecular weight is 484 g/mol. The molecule has 3 heterocycles. The molecule has 1 aromatic carbocycles. The van der Waals surface area contributed by atoms with Crippen LogP contribution in [0.2, 0.25) is 0 Å². The first-order valence-corrected chi connectivity index (χ1v) is 11.6. The number of hydrogen-bond donors (Lipinski definition) is 1. The fourth-order valence-electron chi connectivity index (χ4n) is 4.44. The Bertz CT molecular complexity index is 1180. The van der Waals surface area contributed by atoms with Gasteiger partial charge in [0.15, 0.2) is 0 Å². The summed E-state index contributed by atoms with van der Waals surface area (Å²) in [5.41, 5.74) is 3.29. The lowest BCUT2D eigenvalue weighted by Crippen LogP contribution is -2.51. The molecule has 3 aromatic rings. The zero-order chi connectivity index (χ0) is 25.2. The van der Waals surface area contributed by atoms with E-state index in [1.54, 1.807) is 6.20 Å². The van der Waals surface area contributed by atoms with Crippen molar-refractivity contribution in [1.29, 1.82) is 0 Å². The molecule has 9 heteroatoms. The van der Waals surface area contributed by atoms with Gasteiger partial charge in [-0.1, -0.05) is 30.7 Å². The number of halogens is 3. The smallest absolute Gasteiger partial charge is 0.352 e. The summed E-state index contributed by atoms with van der Waals surface area (Å²) in [5, 5.41) is 3.03. The van der Waals surface area contributed by atoms with Crippen LogP contribution in [0.3, 0.4) is 0 Å². The van der Waals surface area contributed by atoms with Gasteiger partial charge < -0.3 is 10.2 Å². The zero-order valence-electron chi connectivity index (χ0n) is 19.9. The lowest BCUT2D eigenvalue weighted by Gasteiger charge is -2.40. The molecule has 184 valence electrons. The number of alkyl halides is 3. The second-order valence-electron chi connectivity index (χ2n) is 9.10. The van der Waals surface area contributed by atoms with E-state index in [4.69, 9.17) is 0 Å². The third-order valence-corrected chi connectivity index (χ3v) is 6.45. The number of nitrogens with one attached hydrogen (secondary N) is 1. The minimum atomic E-state index is -4.49. The molecule has 1 aliphatic heterocycles. The van der Waals surface area contributed by atoms with E-state index in [0.29, 0.717) is 18.7 Å². The van der Waals surface area contributed by atoms with Crippen molar-refractivity contribution in [2.24, 2.45) is 5.92 Å². The highest BCUT2D eigenvalue weighted by Gasteiger charge is 2.34. The first kappa shape index (κ1) is 24.6. The number of aromatic nitrogens is 3. The summed E-state index contributed by atoms with van der Waals surface area (Å²) in [4.78, 5) is 27.7. The van der Waals surface area contributed by atoms with E-state index in [1.807, 2.05) is 49.1 Å². The van der Waals surface area contributed by atoms with Crippen LogP contribution < -0.4 is 5.32 Å². The topological polar surface area (TPSA) is 71.0 Å². The largest absolute Gasteiger partial charge is 0.419 e. The number of hydrogen-bond acceptors (Lipinski definition) is 5. The molecule has 1 aliphatic rings. The zero-order valence-corrected chi connectivity index (χ0v) is 19.9. The molecule has 2 atom stereocenters. The van der Waals surface area contributed by atoms with E-state index in [2.05, 4.69) is 27.2 Å². The van der Waals surface area contributed by atoms with E-state index >= 15 is 0 Å². The Labute approximate surface area is 202 Å². The van der Waals surface area contributed by atoms with Crippen LogP contribution in [0.4, 0.5) is 19.1 Å². The minimum absolute atomic E-state index is 0.0732. The Hall–Kier alpha value is -3.49. The van der Waals surface area contributed by atoms with Crippen LogP contribution in [0.25, 0.3) is 11.1 Å². The Morgan fingerprint density at radius 3 is 2.49 bits per heavy atom. The van der Waals surface area contributed by atoms with Crippen molar-refractivity contribution in [3.05, 3.63) is 71.3 Å². The molecule has 0 bridgehead atoms. The molecule has 0 radical (unpaired) electrons. The lowest BCUT2D eigenvalue weighted by molar-refractivity contribution is -0.138. The summed E-state index contributed by atoms with van der Waals surface area (Å²) in [6, 6.07) is 9.55. The number of amides is 1. The molecule has 1 amide bonds. The van der Waals surface area contributed by atoms with Crippen LogP contribution in [-0.2, 0) is 6.18 Å². The summed E-state index contributed by atoms with van der Waals surface area (Å²) in [7, 11) is 0. The number of rotatable bonds is 5. The molecule has 2 unspecified atom stereocenters. The Morgan fingerprint density at radius 1 is 1.09 bits per heavy atom. The van der Waals surface area contributed by atoms with Crippen LogP contribution in [0.1, 0.15) is 46.9 Å². The maximum Gasteiger partial charge on any atom is 0.419 e. The van der Waals surface area contributed by atoms with Gasteiger partial charge in [0.1, 0.15) is 0 Å². The van der Waals surface area contributed by atoms with Crippen LogP contribution >= 0.6 is 0 Å². The van der Waals surface area contributed by atoms with E-state index in [9.17, 15) is 18.0 Å². The fourth-order valence-corrected chi connectivity index (χ4v) is 4.44. The van der Waals surface area contributed by atoms with E-state index in [0.717, 1.165) is 47.6 Å². The number of piperidine rings is 1. The van der Waals surface area contributed by atoms with Gasteiger partial charge in [0, 0.05) is 48.5 Å². The number of carbonyl (C=O) groups is 1. The molecule has 1 N–H and O–H groups in total. The molecule has 35 heavy (non-hydrogen) atoms. The number of nitrogens with zero attached hydrogens (tertiary/aromatic N) is 4. The highest BCUT2D eigenvalue weighted by molar-refractivity contribution is 6.01. The highest BCUT2D eigenvalue weighted by Crippen LogP contribution is 2.31. The molecule has 0 spiro atoms. The summed E-state index contributed by atoms with van der Waals surface area (Å²) < 4.78 is 38.4. The van der Waals surface area contributed by atoms with Crippen molar-refractivity contribution in [3.63, 3.8) is 0 Å². The van der Waals surface area contributed by atoms with Crippen molar-refractivity contribution in [2.45, 2.75) is 45.8 Å². The summed E-state index contributed by atoms with van der Waals surface area (Å²) in [6.45, 7) is 6.89. The molecule has 4 rings (SSSR count). The van der Waals surface area contributed by atoms with Crippen LogP contribution in [-0.4, -0.2) is 44.9 Å². The maximum absolute atomic E-state index is 13.9. The molecule has 2 aromatic heterocycles. The molecule has 0 saturated carbocycles. The summed E-state index contributed by atoms with van der Waals surface area (Å²) in [6.07, 6.45) is 0.642. The highest BCUT2D eigenvalue weighted by atomic mass is 19.4. The van der Waals surface area contributed by atoms with Crippen molar-refractivity contribution < 1.29 is 18.0 Å². The van der Waals surface area contributed by atoms with Crippen LogP contribution in [0.5, 0.6) is 0 Å². The third-order valence-electron chi connectivity index (χ3n) is 6.45.